The van der Waals surface area contributed by atoms with Gasteiger partial charge in [-0.1, -0.05) is 67.2 Å². The first kappa shape index (κ1) is 16.1. The average Bonchev–Trinajstić information content (AvgIpc) is 2.13. The van der Waals surface area contributed by atoms with Gasteiger partial charge in [-0.05, 0) is 48.3 Å². The van der Waals surface area contributed by atoms with Crippen molar-refractivity contribution in [2.45, 2.75) is 99.3 Å². The molecule has 0 spiro atoms. The molecule has 108 valence electrons. The van der Waals surface area contributed by atoms with Crippen molar-refractivity contribution in [1.29, 1.82) is 0 Å². The van der Waals surface area contributed by atoms with Crippen LogP contribution in [-0.4, -0.2) is 0 Å². The van der Waals surface area contributed by atoms with Crippen LogP contribution in [-0.2, 0) is 0 Å². The molecular formula is C18H36. The van der Waals surface area contributed by atoms with Gasteiger partial charge in [-0.15, -0.1) is 0 Å². The van der Waals surface area contributed by atoms with Gasteiger partial charge in [0.2, 0.25) is 0 Å². The Balaban J connectivity index is 0.000000184. The number of hydrogen-bond acceptors (Lipinski definition) is 0. The molecule has 2 saturated carbocycles. The SMILES string of the molecule is CC1(C)CCCC(C)(C)C1.CC1(C)CCCCC1. The van der Waals surface area contributed by atoms with Crippen LogP contribution in [0.25, 0.3) is 0 Å². The Morgan fingerprint density at radius 1 is 0.444 bits per heavy atom. The minimum Gasteiger partial charge on any atom is -0.0599 e. The van der Waals surface area contributed by atoms with Crippen molar-refractivity contribution < 1.29 is 0 Å². The second-order valence-electron chi connectivity index (χ2n) is 9.08. The summed E-state index contributed by atoms with van der Waals surface area (Å²) in [5.74, 6) is 0. The molecule has 2 aliphatic carbocycles. The Morgan fingerprint density at radius 2 is 0.833 bits per heavy atom. The number of rotatable bonds is 0. The first-order chi connectivity index (χ1) is 8.12. The highest BCUT2D eigenvalue weighted by molar-refractivity contribution is 4.84. The number of hydrogen-bond donors (Lipinski definition) is 0. The van der Waals surface area contributed by atoms with Crippen LogP contribution in [0.5, 0.6) is 0 Å². The van der Waals surface area contributed by atoms with Crippen molar-refractivity contribution in [3.8, 4) is 0 Å². The monoisotopic (exact) mass is 252 g/mol. The van der Waals surface area contributed by atoms with Crippen LogP contribution in [0.4, 0.5) is 0 Å². The van der Waals surface area contributed by atoms with Crippen molar-refractivity contribution >= 4 is 0 Å². The normalized spacial score (nSPS) is 29.0. The van der Waals surface area contributed by atoms with E-state index in [1.807, 2.05) is 0 Å². The molecule has 2 fully saturated rings. The van der Waals surface area contributed by atoms with E-state index in [9.17, 15) is 0 Å². The molecule has 0 heterocycles. The topological polar surface area (TPSA) is 0 Å². The molecular weight excluding hydrogens is 216 g/mol. The Morgan fingerprint density at radius 3 is 1.06 bits per heavy atom. The van der Waals surface area contributed by atoms with Gasteiger partial charge in [0.15, 0.2) is 0 Å². The molecule has 0 bridgehead atoms. The molecule has 0 amide bonds. The van der Waals surface area contributed by atoms with E-state index in [2.05, 4.69) is 41.5 Å². The van der Waals surface area contributed by atoms with Crippen LogP contribution in [0.15, 0.2) is 0 Å². The molecule has 0 heteroatoms. The van der Waals surface area contributed by atoms with Crippen LogP contribution in [0.2, 0.25) is 0 Å². The minimum absolute atomic E-state index is 0.613. The molecule has 0 aliphatic heterocycles. The van der Waals surface area contributed by atoms with Gasteiger partial charge in [0.25, 0.3) is 0 Å². The molecule has 2 aliphatic rings. The Hall–Kier alpha value is 0. The lowest BCUT2D eigenvalue weighted by Crippen LogP contribution is -2.28. The molecule has 0 aromatic carbocycles. The maximum atomic E-state index is 2.40. The predicted octanol–water partition coefficient (Wildman–Crippen LogP) is 6.59. The highest BCUT2D eigenvalue weighted by Gasteiger charge is 2.32. The van der Waals surface area contributed by atoms with Gasteiger partial charge < -0.3 is 0 Å². The van der Waals surface area contributed by atoms with Crippen LogP contribution >= 0.6 is 0 Å². The van der Waals surface area contributed by atoms with Gasteiger partial charge in [0.05, 0.1) is 0 Å². The van der Waals surface area contributed by atoms with E-state index >= 15 is 0 Å². The summed E-state index contributed by atoms with van der Waals surface area (Å²) in [7, 11) is 0. The highest BCUT2D eigenvalue weighted by atomic mass is 14.4. The van der Waals surface area contributed by atoms with Gasteiger partial charge in [0.1, 0.15) is 0 Å². The van der Waals surface area contributed by atoms with E-state index in [1.54, 1.807) is 0 Å². The fourth-order valence-electron chi connectivity index (χ4n) is 4.03. The fourth-order valence-corrected chi connectivity index (χ4v) is 4.03. The third-order valence-electron chi connectivity index (χ3n) is 4.87. The first-order valence-corrected chi connectivity index (χ1v) is 8.12. The molecule has 0 nitrogen and oxygen atoms in total. The highest BCUT2D eigenvalue weighted by Crippen LogP contribution is 2.45. The zero-order chi connectivity index (χ0) is 13.9. The summed E-state index contributed by atoms with van der Waals surface area (Å²) in [5.41, 5.74) is 1.90. The summed E-state index contributed by atoms with van der Waals surface area (Å²) < 4.78 is 0. The second kappa shape index (κ2) is 5.97. The molecule has 0 aromatic rings. The molecule has 0 radical (unpaired) electrons. The van der Waals surface area contributed by atoms with Gasteiger partial charge in [-0.25, -0.2) is 0 Å². The summed E-state index contributed by atoms with van der Waals surface area (Å²) in [6, 6.07) is 0. The minimum atomic E-state index is 0.613. The lowest BCUT2D eigenvalue weighted by atomic mass is 9.65. The summed E-state index contributed by atoms with van der Waals surface area (Å²) in [5, 5.41) is 0. The first-order valence-electron chi connectivity index (χ1n) is 8.12. The Kier molecular flexibility index (Phi) is 5.32. The molecule has 0 saturated heterocycles. The smallest absolute Gasteiger partial charge is 0.0349 e. The average molecular weight is 252 g/mol. The third kappa shape index (κ3) is 6.25. The van der Waals surface area contributed by atoms with Crippen LogP contribution in [0.1, 0.15) is 99.3 Å². The quantitative estimate of drug-likeness (QED) is 0.456. The van der Waals surface area contributed by atoms with Gasteiger partial charge in [-0.3, -0.25) is 0 Å². The van der Waals surface area contributed by atoms with Gasteiger partial charge >= 0.3 is 0 Å². The van der Waals surface area contributed by atoms with E-state index in [0.29, 0.717) is 16.2 Å². The molecule has 18 heavy (non-hydrogen) atoms. The maximum absolute atomic E-state index is 2.40. The zero-order valence-corrected chi connectivity index (χ0v) is 13.9. The van der Waals surface area contributed by atoms with Crippen molar-refractivity contribution in [2.24, 2.45) is 16.2 Å². The fraction of sp³-hybridized carbons (Fsp3) is 1.00. The zero-order valence-electron chi connectivity index (χ0n) is 13.9. The Labute approximate surface area is 116 Å². The van der Waals surface area contributed by atoms with E-state index in [0.717, 1.165) is 0 Å². The molecule has 0 aromatic heterocycles. The molecule has 0 N–H and O–H groups in total. The second-order valence-corrected chi connectivity index (χ2v) is 9.08. The molecule has 0 atom stereocenters. The molecule has 2 rings (SSSR count). The standard InChI is InChI=1S/C10H20.C8H16/c1-9(2)6-5-7-10(3,4)8-9;1-8(2)6-4-3-5-7-8/h5-8H2,1-4H3;3-7H2,1-2H3. The van der Waals surface area contributed by atoms with Gasteiger partial charge in [0, 0.05) is 0 Å². The summed E-state index contributed by atoms with van der Waals surface area (Å²) in [6.07, 6.45) is 13.0. The van der Waals surface area contributed by atoms with E-state index in [4.69, 9.17) is 0 Å². The van der Waals surface area contributed by atoms with Crippen molar-refractivity contribution in [1.82, 2.24) is 0 Å². The van der Waals surface area contributed by atoms with E-state index in [1.165, 1.54) is 57.8 Å². The van der Waals surface area contributed by atoms with Crippen molar-refractivity contribution in [2.75, 3.05) is 0 Å². The largest absolute Gasteiger partial charge is 0.0599 e. The van der Waals surface area contributed by atoms with Crippen molar-refractivity contribution in [3.63, 3.8) is 0 Å². The maximum Gasteiger partial charge on any atom is -0.0349 e. The van der Waals surface area contributed by atoms with Gasteiger partial charge in [-0.2, -0.15) is 0 Å². The van der Waals surface area contributed by atoms with Crippen LogP contribution in [0, 0.1) is 16.2 Å². The lowest BCUT2D eigenvalue weighted by Gasteiger charge is -2.40. The summed E-state index contributed by atoms with van der Waals surface area (Å²) >= 11 is 0. The van der Waals surface area contributed by atoms with E-state index < -0.39 is 0 Å². The van der Waals surface area contributed by atoms with E-state index in [-0.39, 0.29) is 0 Å². The third-order valence-corrected chi connectivity index (χ3v) is 4.87. The Bertz CT molecular complexity index is 223. The summed E-state index contributed by atoms with van der Waals surface area (Å²) in [4.78, 5) is 0. The summed E-state index contributed by atoms with van der Waals surface area (Å²) in [6.45, 7) is 14.3. The van der Waals surface area contributed by atoms with Crippen LogP contribution in [0.3, 0.4) is 0 Å². The molecule has 0 unspecified atom stereocenters. The predicted molar refractivity (Wildman–Crippen MR) is 82.9 cm³/mol. The van der Waals surface area contributed by atoms with Crippen molar-refractivity contribution in [3.05, 3.63) is 0 Å². The van der Waals surface area contributed by atoms with Crippen LogP contribution < -0.4 is 0 Å². The lowest BCUT2D eigenvalue weighted by molar-refractivity contribution is 0.116.